The lowest BCUT2D eigenvalue weighted by Gasteiger charge is -2.58. The van der Waals surface area contributed by atoms with Crippen LogP contribution in [-0.4, -0.2) is 49.7 Å². The molecule has 25 heavy (non-hydrogen) atoms. The van der Waals surface area contributed by atoms with E-state index in [4.69, 9.17) is 14.2 Å². The van der Waals surface area contributed by atoms with Crippen LogP contribution in [0.3, 0.4) is 0 Å². The summed E-state index contributed by atoms with van der Waals surface area (Å²) in [7, 11) is 5.59. The van der Waals surface area contributed by atoms with Crippen LogP contribution in [0.4, 0.5) is 0 Å². The van der Waals surface area contributed by atoms with Crippen molar-refractivity contribution >= 4 is 0 Å². The zero-order chi connectivity index (χ0) is 17.4. The average Bonchev–Trinajstić information content (AvgIpc) is 2.64. The van der Waals surface area contributed by atoms with E-state index in [9.17, 15) is 5.11 Å². The number of fused-ring (bicyclic) bond motifs is 1. The molecule has 0 amide bonds. The summed E-state index contributed by atoms with van der Waals surface area (Å²) in [4.78, 5) is 2.48. The SMILES string of the molecule is COc1cc2c3c4c1OC1(OC)CC4(CCC3N(C)CC2)CCC1O. The van der Waals surface area contributed by atoms with E-state index < -0.39 is 11.9 Å². The van der Waals surface area contributed by atoms with E-state index in [1.54, 1.807) is 14.2 Å². The third-order valence-corrected chi connectivity index (χ3v) is 7.23. The van der Waals surface area contributed by atoms with Gasteiger partial charge in [0.2, 0.25) is 5.79 Å². The smallest absolute Gasteiger partial charge is 0.237 e. The molecule has 1 aromatic rings. The lowest BCUT2D eigenvalue weighted by Crippen LogP contribution is -2.61. The number of aliphatic hydroxyl groups excluding tert-OH is 1. The lowest BCUT2D eigenvalue weighted by atomic mass is 9.57. The minimum Gasteiger partial charge on any atom is -0.493 e. The minimum absolute atomic E-state index is 0.0378. The van der Waals surface area contributed by atoms with Gasteiger partial charge in [-0.1, -0.05) is 0 Å². The summed E-state index contributed by atoms with van der Waals surface area (Å²) >= 11 is 0. The maximum absolute atomic E-state index is 10.7. The molecule has 5 nitrogen and oxygen atoms in total. The third-order valence-electron chi connectivity index (χ3n) is 7.23. The molecule has 1 spiro atoms. The second-order valence-corrected chi connectivity index (χ2v) is 8.27. The maximum Gasteiger partial charge on any atom is 0.237 e. The Kier molecular flexibility index (Phi) is 3.26. The first-order valence-corrected chi connectivity index (χ1v) is 9.40. The number of nitrogens with zero attached hydrogens (tertiary/aromatic N) is 1. The highest BCUT2D eigenvalue weighted by Gasteiger charge is 2.60. The molecule has 136 valence electrons. The molecule has 0 radical (unpaired) electrons. The van der Waals surface area contributed by atoms with E-state index in [1.807, 2.05) is 0 Å². The van der Waals surface area contributed by atoms with Crippen molar-refractivity contribution in [2.24, 2.45) is 0 Å². The molecule has 4 atom stereocenters. The number of aliphatic hydroxyl groups is 1. The van der Waals surface area contributed by atoms with Crippen LogP contribution >= 0.6 is 0 Å². The van der Waals surface area contributed by atoms with Gasteiger partial charge in [-0.3, -0.25) is 4.90 Å². The molecule has 2 heterocycles. The first-order valence-electron chi connectivity index (χ1n) is 9.40. The van der Waals surface area contributed by atoms with Crippen molar-refractivity contribution in [2.45, 2.75) is 61.9 Å². The fraction of sp³-hybridized carbons (Fsp3) is 0.700. The van der Waals surface area contributed by atoms with Crippen LogP contribution in [0, 0.1) is 0 Å². The molecule has 0 saturated heterocycles. The maximum atomic E-state index is 10.7. The zero-order valence-electron chi connectivity index (χ0n) is 15.3. The number of hydrogen-bond donors (Lipinski definition) is 1. The van der Waals surface area contributed by atoms with Gasteiger partial charge in [0.1, 0.15) is 6.10 Å². The molecule has 5 rings (SSSR count). The number of hydrogen-bond acceptors (Lipinski definition) is 5. The molecular weight excluding hydrogens is 318 g/mol. The van der Waals surface area contributed by atoms with Crippen LogP contribution in [0.1, 0.15) is 54.8 Å². The van der Waals surface area contributed by atoms with E-state index in [2.05, 4.69) is 18.0 Å². The van der Waals surface area contributed by atoms with Gasteiger partial charge in [0.25, 0.3) is 0 Å². The van der Waals surface area contributed by atoms with Crippen molar-refractivity contribution < 1.29 is 19.3 Å². The Hall–Kier alpha value is -1.30. The quantitative estimate of drug-likeness (QED) is 0.893. The summed E-state index contributed by atoms with van der Waals surface area (Å²) in [5.41, 5.74) is 4.27. The molecular formula is C20H27NO4. The Balaban J connectivity index is 1.80. The molecule has 2 bridgehead atoms. The summed E-state index contributed by atoms with van der Waals surface area (Å²) < 4.78 is 17.9. The van der Waals surface area contributed by atoms with Gasteiger partial charge in [0, 0.05) is 37.1 Å². The fourth-order valence-corrected chi connectivity index (χ4v) is 5.91. The number of likely N-dealkylation sites (N-methyl/N-ethyl adjacent to an activating group) is 1. The van der Waals surface area contributed by atoms with Gasteiger partial charge in [-0.25, -0.2) is 0 Å². The van der Waals surface area contributed by atoms with Gasteiger partial charge in [-0.2, -0.15) is 0 Å². The number of benzene rings is 1. The molecule has 1 aromatic carbocycles. The molecule has 4 unspecified atom stereocenters. The Morgan fingerprint density at radius 3 is 2.84 bits per heavy atom. The number of methoxy groups -OCH3 is 2. The molecule has 1 fully saturated rings. The third kappa shape index (κ3) is 1.89. The Morgan fingerprint density at radius 2 is 2.08 bits per heavy atom. The highest BCUT2D eigenvalue weighted by Crippen LogP contribution is 2.63. The average molecular weight is 345 g/mol. The molecule has 2 aliphatic carbocycles. The van der Waals surface area contributed by atoms with Gasteiger partial charge in [0.15, 0.2) is 11.5 Å². The van der Waals surface area contributed by atoms with Crippen molar-refractivity contribution in [2.75, 3.05) is 27.8 Å². The first kappa shape index (κ1) is 15.9. The van der Waals surface area contributed by atoms with Crippen molar-refractivity contribution in [3.63, 3.8) is 0 Å². The molecule has 2 aliphatic heterocycles. The van der Waals surface area contributed by atoms with Crippen LogP contribution in [0.25, 0.3) is 0 Å². The van der Waals surface area contributed by atoms with Gasteiger partial charge >= 0.3 is 0 Å². The van der Waals surface area contributed by atoms with Gasteiger partial charge in [0.05, 0.1) is 7.11 Å². The molecule has 5 heteroatoms. The van der Waals surface area contributed by atoms with Crippen molar-refractivity contribution in [1.82, 2.24) is 4.90 Å². The summed E-state index contributed by atoms with van der Waals surface area (Å²) in [6.45, 7) is 1.09. The Morgan fingerprint density at radius 1 is 1.28 bits per heavy atom. The lowest BCUT2D eigenvalue weighted by molar-refractivity contribution is -0.262. The van der Waals surface area contributed by atoms with Crippen LogP contribution in [0.2, 0.25) is 0 Å². The van der Waals surface area contributed by atoms with E-state index >= 15 is 0 Å². The van der Waals surface area contributed by atoms with Crippen LogP contribution in [0.5, 0.6) is 11.5 Å². The predicted molar refractivity (Wildman–Crippen MR) is 93.2 cm³/mol. The molecule has 0 aromatic heterocycles. The highest BCUT2D eigenvalue weighted by atomic mass is 16.7. The summed E-state index contributed by atoms with van der Waals surface area (Å²) in [6, 6.07) is 2.63. The largest absolute Gasteiger partial charge is 0.493 e. The fourth-order valence-electron chi connectivity index (χ4n) is 5.91. The normalized spacial score (nSPS) is 38.7. The van der Waals surface area contributed by atoms with Crippen molar-refractivity contribution in [3.05, 3.63) is 22.8 Å². The molecule has 1 N–H and O–H groups in total. The minimum atomic E-state index is -0.944. The Labute approximate surface area is 148 Å². The highest BCUT2D eigenvalue weighted by molar-refractivity contribution is 5.62. The summed E-state index contributed by atoms with van der Waals surface area (Å²) in [5.74, 6) is 0.659. The van der Waals surface area contributed by atoms with E-state index in [0.717, 1.165) is 56.6 Å². The summed E-state index contributed by atoms with van der Waals surface area (Å²) in [5, 5.41) is 10.7. The Bertz CT molecular complexity index is 735. The van der Waals surface area contributed by atoms with Crippen molar-refractivity contribution in [3.8, 4) is 11.5 Å². The van der Waals surface area contributed by atoms with Crippen LogP contribution in [-0.2, 0) is 16.6 Å². The number of rotatable bonds is 2. The van der Waals surface area contributed by atoms with E-state index in [-0.39, 0.29) is 5.41 Å². The second-order valence-electron chi connectivity index (χ2n) is 8.27. The molecule has 4 aliphatic rings. The van der Waals surface area contributed by atoms with Crippen LogP contribution < -0.4 is 9.47 Å². The monoisotopic (exact) mass is 345 g/mol. The standard InChI is InChI=1S/C20H27NO4/c1-21-9-6-12-10-14(23-2)18-17-16(12)13(21)4-7-19(17)8-5-15(22)20(11-19,24-3)25-18/h10,13,15,22H,4-9,11H2,1-3H3. The molecule has 1 saturated carbocycles. The zero-order valence-corrected chi connectivity index (χ0v) is 15.3. The first-order chi connectivity index (χ1) is 12.0. The van der Waals surface area contributed by atoms with Crippen molar-refractivity contribution in [1.29, 1.82) is 0 Å². The second kappa shape index (κ2) is 5.12. The van der Waals surface area contributed by atoms with Gasteiger partial charge < -0.3 is 19.3 Å². The van der Waals surface area contributed by atoms with Crippen LogP contribution in [0.15, 0.2) is 6.07 Å². The van der Waals surface area contributed by atoms with Gasteiger partial charge in [-0.05, 0) is 56.3 Å². The number of ether oxygens (including phenoxy) is 3. The summed E-state index contributed by atoms with van der Waals surface area (Å²) in [6.07, 6.45) is 5.19. The predicted octanol–water partition coefficient (Wildman–Crippen LogP) is 2.54. The topological polar surface area (TPSA) is 51.2 Å². The van der Waals surface area contributed by atoms with E-state index in [1.165, 1.54) is 16.7 Å². The van der Waals surface area contributed by atoms with Gasteiger partial charge in [-0.15, -0.1) is 0 Å². The van der Waals surface area contributed by atoms with E-state index in [0.29, 0.717) is 6.04 Å².